The van der Waals surface area contributed by atoms with Gasteiger partial charge in [0, 0.05) is 10.6 Å². The second-order valence-electron chi connectivity index (χ2n) is 6.32. The normalized spacial score (nSPS) is 15.8. The highest BCUT2D eigenvalue weighted by Crippen LogP contribution is 2.28. The molecule has 0 aliphatic carbocycles. The Morgan fingerprint density at radius 1 is 1.00 bits per heavy atom. The highest BCUT2D eigenvalue weighted by atomic mass is 35.5. The van der Waals surface area contributed by atoms with Crippen molar-refractivity contribution in [1.82, 2.24) is 4.41 Å². The van der Waals surface area contributed by atoms with Gasteiger partial charge in [0.1, 0.15) is 11.5 Å². The molecule has 2 heterocycles. The van der Waals surface area contributed by atoms with Crippen molar-refractivity contribution in [2.24, 2.45) is 5.10 Å². The predicted octanol–water partition coefficient (Wildman–Crippen LogP) is 4.59. The summed E-state index contributed by atoms with van der Waals surface area (Å²) in [5, 5.41) is 4.57. The molecule has 6 nitrogen and oxygen atoms in total. The first-order valence-corrected chi connectivity index (χ1v) is 10.5. The highest BCUT2D eigenvalue weighted by Gasteiger charge is 2.37. The molecule has 0 unspecified atom stereocenters. The van der Waals surface area contributed by atoms with Crippen LogP contribution in [0.4, 0.5) is 0 Å². The van der Waals surface area contributed by atoms with Gasteiger partial charge < -0.3 is 4.42 Å². The minimum Gasteiger partial charge on any atom is -0.457 e. The van der Waals surface area contributed by atoms with Crippen LogP contribution >= 0.6 is 11.6 Å². The number of hydrogen-bond acceptors (Lipinski definition) is 5. The number of benzene rings is 2. The summed E-state index contributed by atoms with van der Waals surface area (Å²) in [5.74, 6) is 0.282. The number of furan rings is 1. The molecule has 0 saturated carbocycles. The van der Waals surface area contributed by atoms with Crippen LogP contribution in [0.1, 0.15) is 12.7 Å². The average Bonchev–Trinajstić information content (AvgIpc) is 3.30. The fourth-order valence-corrected chi connectivity index (χ4v) is 4.23. The van der Waals surface area contributed by atoms with E-state index in [9.17, 15) is 13.2 Å². The second-order valence-corrected chi connectivity index (χ2v) is 8.52. The van der Waals surface area contributed by atoms with Crippen molar-refractivity contribution in [3.05, 3.63) is 83.1 Å². The van der Waals surface area contributed by atoms with Gasteiger partial charge in [0.15, 0.2) is 0 Å². The lowest BCUT2D eigenvalue weighted by Crippen LogP contribution is -2.29. The molecule has 2 aromatic carbocycles. The topological polar surface area (TPSA) is 80.0 Å². The zero-order valence-electron chi connectivity index (χ0n) is 15.2. The lowest BCUT2D eigenvalue weighted by molar-refractivity contribution is -0.121. The van der Waals surface area contributed by atoms with Crippen molar-refractivity contribution in [3.63, 3.8) is 0 Å². The lowest BCUT2D eigenvalue weighted by atomic mass is 10.1. The second kappa shape index (κ2) is 7.35. The van der Waals surface area contributed by atoms with Gasteiger partial charge in [-0.2, -0.15) is 13.5 Å². The molecule has 1 aromatic heterocycles. The van der Waals surface area contributed by atoms with E-state index in [1.54, 1.807) is 49.4 Å². The van der Waals surface area contributed by atoms with Gasteiger partial charge >= 0.3 is 0 Å². The maximum atomic E-state index is 12.8. The molecule has 146 valence electrons. The minimum atomic E-state index is -4.08. The molecule has 29 heavy (non-hydrogen) atoms. The molecule has 4 rings (SSSR count). The predicted molar refractivity (Wildman–Crippen MR) is 111 cm³/mol. The number of carbonyl (C=O) groups is 1. The van der Waals surface area contributed by atoms with Gasteiger partial charge in [-0.15, -0.1) is 4.41 Å². The number of hydrazone groups is 1. The van der Waals surface area contributed by atoms with E-state index in [0.29, 0.717) is 26.7 Å². The van der Waals surface area contributed by atoms with Gasteiger partial charge in [0.25, 0.3) is 15.9 Å². The first-order chi connectivity index (χ1) is 13.9. The van der Waals surface area contributed by atoms with Crippen molar-refractivity contribution in [3.8, 4) is 11.3 Å². The van der Waals surface area contributed by atoms with E-state index in [1.165, 1.54) is 18.2 Å². The van der Waals surface area contributed by atoms with E-state index in [1.807, 2.05) is 12.1 Å². The Kier molecular flexibility index (Phi) is 4.86. The van der Waals surface area contributed by atoms with Crippen LogP contribution < -0.4 is 0 Å². The van der Waals surface area contributed by atoms with E-state index in [2.05, 4.69) is 5.10 Å². The first-order valence-electron chi connectivity index (χ1n) is 8.64. The molecular weight excluding hydrogens is 412 g/mol. The number of rotatable bonds is 4. The Morgan fingerprint density at radius 3 is 2.38 bits per heavy atom. The lowest BCUT2D eigenvalue weighted by Gasteiger charge is -2.12. The summed E-state index contributed by atoms with van der Waals surface area (Å²) in [6.07, 6.45) is 1.49. The zero-order chi connectivity index (χ0) is 20.6. The standard InChI is InChI=1S/C21H15ClN2O4S/c1-14-19(13-17-11-12-20(28-17)15-7-9-16(22)10-8-15)21(25)24(23-14)29(26,27)18-5-3-2-4-6-18/h2-13H,1H3/b19-13+. The molecule has 0 atom stereocenters. The molecule has 0 fully saturated rings. The van der Waals surface area contributed by atoms with Crippen molar-refractivity contribution >= 4 is 39.3 Å². The number of nitrogens with zero attached hydrogens (tertiary/aromatic N) is 2. The van der Waals surface area contributed by atoms with Gasteiger partial charge in [-0.25, -0.2) is 0 Å². The summed E-state index contributed by atoms with van der Waals surface area (Å²) in [4.78, 5) is 12.8. The molecule has 0 saturated heterocycles. The van der Waals surface area contributed by atoms with Crippen molar-refractivity contribution in [1.29, 1.82) is 0 Å². The van der Waals surface area contributed by atoms with Crippen LogP contribution in [0.25, 0.3) is 17.4 Å². The summed E-state index contributed by atoms with van der Waals surface area (Å²) in [6, 6.07) is 18.3. The van der Waals surface area contributed by atoms with Gasteiger partial charge in [-0.05, 0) is 61.5 Å². The smallest absolute Gasteiger partial charge is 0.290 e. The molecule has 0 N–H and O–H groups in total. The number of sulfonamides is 1. The van der Waals surface area contributed by atoms with Crippen LogP contribution in [0.2, 0.25) is 5.02 Å². The van der Waals surface area contributed by atoms with Crippen LogP contribution in [-0.2, 0) is 14.8 Å². The SMILES string of the molecule is CC1=NN(S(=O)(=O)c2ccccc2)C(=O)/C1=C/c1ccc(-c2ccc(Cl)cc2)o1. The Labute approximate surface area is 172 Å². The molecule has 1 aliphatic rings. The number of hydrogen-bond donors (Lipinski definition) is 0. The maximum Gasteiger partial charge on any atom is 0.290 e. The molecular formula is C21H15ClN2O4S. The average molecular weight is 427 g/mol. The van der Waals surface area contributed by atoms with Crippen LogP contribution in [0.5, 0.6) is 0 Å². The van der Waals surface area contributed by atoms with Crippen molar-refractivity contribution < 1.29 is 17.6 Å². The van der Waals surface area contributed by atoms with Gasteiger partial charge in [0.2, 0.25) is 0 Å². The van der Waals surface area contributed by atoms with Crippen molar-refractivity contribution in [2.45, 2.75) is 11.8 Å². The molecule has 8 heteroatoms. The molecule has 0 spiro atoms. The third-order valence-electron chi connectivity index (χ3n) is 4.35. The summed E-state index contributed by atoms with van der Waals surface area (Å²) >= 11 is 5.90. The quantitative estimate of drug-likeness (QED) is 0.571. The summed E-state index contributed by atoms with van der Waals surface area (Å²) in [7, 11) is -4.08. The zero-order valence-corrected chi connectivity index (χ0v) is 16.8. The minimum absolute atomic E-state index is 0.00540. The van der Waals surface area contributed by atoms with Crippen LogP contribution in [0.15, 0.2) is 86.7 Å². The Balaban J connectivity index is 1.64. The first kappa shape index (κ1) is 19.2. The molecule has 1 aliphatic heterocycles. The molecule has 1 amide bonds. The van der Waals surface area contributed by atoms with Crippen molar-refractivity contribution in [2.75, 3.05) is 0 Å². The molecule has 3 aromatic rings. The Bertz CT molecular complexity index is 1240. The number of amides is 1. The fourth-order valence-electron chi connectivity index (χ4n) is 2.86. The van der Waals surface area contributed by atoms with E-state index in [-0.39, 0.29) is 10.5 Å². The monoisotopic (exact) mass is 426 g/mol. The number of halogens is 1. The third-order valence-corrected chi connectivity index (χ3v) is 6.17. The van der Waals surface area contributed by atoms with Crippen LogP contribution in [-0.4, -0.2) is 24.5 Å². The summed E-state index contributed by atoms with van der Waals surface area (Å²) in [5.41, 5.74) is 1.27. The fraction of sp³-hybridized carbons (Fsp3) is 0.0476. The van der Waals surface area contributed by atoms with Gasteiger partial charge in [-0.1, -0.05) is 29.8 Å². The third kappa shape index (κ3) is 3.62. The van der Waals surface area contributed by atoms with E-state index >= 15 is 0 Å². The molecule has 0 bridgehead atoms. The summed E-state index contributed by atoms with van der Waals surface area (Å²) in [6.45, 7) is 1.58. The molecule has 0 radical (unpaired) electrons. The van der Waals surface area contributed by atoms with Crippen LogP contribution in [0.3, 0.4) is 0 Å². The Morgan fingerprint density at radius 2 is 1.69 bits per heavy atom. The number of carbonyl (C=O) groups excluding carboxylic acids is 1. The van der Waals surface area contributed by atoms with Gasteiger partial charge in [-0.3, -0.25) is 4.79 Å². The van der Waals surface area contributed by atoms with E-state index in [4.69, 9.17) is 16.0 Å². The van der Waals surface area contributed by atoms with E-state index < -0.39 is 15.9 Å². The maximum absolute atomic E-state index is 12.8. The summed E-state index contributed by atoms with van der Waals surface area (Å²) < 4.78 is 31.8. The highest BCUT2D eigenvalue weighted by molar-refractivity contribution is 7.89. The Hall–Kier alpha value is -3.16. The largest absolute Gasteiger partial charge is 0.457 e. The van der Waals surface area contributed by atoms with Gasteiger partial charge in [0.05, 0.1) is 16.2 Å². The van der Waals surface area contributed by atoms with E-state index in [0.717, 1.165) is 5.56 Å². The van der Waals surface area contributed by atoms with Crippen LogP contribution in [0, 0.1) is 0 Å².